The standard InChI is InChI=1S/C13H10N2O/c16-11-8-4-7-10-12(11)15-13(14-10)9-5-2-1-3-6-9/h1-8,16H,(H,14,15). The Bertz CT molecular complexity index is 629. The molecule has 0 aliphatic heterocycles. The molecule has 0 spiro atoms. The molecule has 0 bridgehead atoms. The second kappa shape index (κ2) is 3.38. The zero-order valence-corrected chi connectivity index (χ0v) is 8.51. The van der Waals surface area contributed by atoms with E-state index in [0.29, 0.717) is 5.52 Å². The number of hydrogen-bond donors (Lipinski definition) is 2. The smallest absolute Gasteiger partial charge is 0.143 e. The Morgan fingerprint density at radius 3 is 2.50 bits per heavy atom. The molecule has 78 valence electrons. The molecule has 0 aliphatic carbocycles. The summed E-state index contributed by atoms with van der Waals surface area (Å²) in [6, 6.07) is 15.2. The van der Waals surface area contributed by atoms with Crippen LogP contribution in [0.15, 0.2) is 48.5 Å². The van der Waals surface area contributed by atoms with Gasteiger partial charge in [0, 0.05) is 5.56 Å². The van der Waals surface area contributed by atoms with Crippen molar-refractivity contribution in [1.82, 2.24) is 9.97 Å². The Morgan fingerprint density at radius 1 is 0.938 bits per heavy atom. The molecule has 0 fully saturated rings. The Hall–Kier alpha value is -2.29. The number of nitrogens with zero attached hydrogens (tertiary/aromatic N) is 1. The molecular weight excluding hydrogens is 200 g/mol. The summed E-state index contributed by atoms with van der Waals surface area (Å²) >= 11 is 0. The van der Waals surface area contributed by atoms with E-state index in [-0.39, 0.29) is 5.75 Å². The molecule has 3 heteroatoms. The lowest BCUT2D eigenvalue weighted by Gasteiger charge is -1.93. The number of fused-ring (bicyclic) bond motifs is 1. The van der Waals surface area contributed by atoms with Crippen molar-refractivity contribution < 1.29 is 5.11 Å². The van der Waals surface area contributed by atoms with Gasteiger partial charge in [-0.1, -0.05) is 36.4 Å². The first-order valence-electron chi connectivity index (χ1n) is 5.08. The van der Waals surface area contributed by atoms with E-state index >= 15 is 0 Å². The van der Waals surface area contributed by atoms with Crippen molar-refractivity contribution in [2.75, 3.05) is 0 Å². The minimum Gasteiger partial charge on any atom is -0.506 e. The van der Waals surface area contributed by atoms with E-state index < -0.39 is 0 Å². The van der Waals surface area contributed by atoms with Crippen LogP contribution in [0.3, 0.4) is 0 Å². The molecule has 1 heterocycles. The minimum atomic E-state index is 0.205. The first kappa shape index (κ1) is 8.97. The van der Waals surface area contributed by atoms with Gasteiger partial charge in [0.1, 0.15) is 17.1 Å². The molecule has 2 N–H and O–H groups in total. The Morgan fingerprint density at radius 2 is 1.75 bits per heavy atom. The first-order chi connectivity index (χ1) is 7.84. The highest BCUT2D eigenvalue weighted by molar-refractivity contribution is 5.84. The van der Waals surface area contributed by atoms with Crippen molar-refractivity contribution >= 4 is 11.0 Å². The van der Waals surface area contributed by atoms with Gasteiger partial charge in [0.05, 0.1) is 5.52 Å². The van der Waals surface area contributed by atoms with Gasteiger partial charge in [0.25, 0.3) is 0 Å². The molecule has 0 aliphatic rings. The molecule has 2 aromatic carbocycles. The third-order valence-electron chi connectivity index (χ3n) is 2.54. The molecule has 0 radical (unpaired) electrons. The van der Waals surface area contributed by atoms with Crippen LogP contribution in [-0.2, 0) is 0 Å². The highest BCUT2D eigenvalue weighted by Gasteiger charge is 2.07. The van der Waals surface area contributed by atoms with Gasteiger partial charge in [-0.2, -0.15) is 0 Å². The Balaban J connectivity index is 2.23. The van der Waals surface area contributed by atoms with Crippen LogP contribution in [0.5, 0.6) is 5.75 Å². The van der Waals surface area contributed by atoms with Gasteiger partial charge in [-0.3, -0.25) is 0 Å². The van der Waals surface area contributed by atoms with Gasteiger partial charge in [-0.05, 0) is 12.1 Å². The number of phenols is 1. The fraction of sp³-hybridized carbons (Fsp3) is 0. The van der Waals surface area contributed by atoms with E-state index in [4.69, 9.17) is 0 Å². The van der Waals surface area contributed by atoms with E-state index in [1.54, 1.807) is 12.1 Å². The molecule has 1 aromatic heterocycles. The average Bonchev–Trinajstić information content (AvgIpc) is 2.76. The highest BCUT2D eigenvalue weighted by atomic mass is 16.3. The number of para-hydroxylation sites is 1. The van der Waals surface area contributed by atoms with Crippen LogP contribution >= 0.6 is 0 Å². The first-order valence-corrected chi connectivity index (χ1v) is 5.08. The zero-order valence-electron chi connectivity index (χ0n) is 8.51. The molecular formula is C13H10N2O. The van der Waals surface area contributed by atoms with Crippen LogP contribution in [0.2, 0.25) is 0 Å². The van der Waals surface area contributed by atoms with Crippen molar-refractivity contribution in [3.05, 3.63) is 48.5 Å². The zero-order chi connectivity index (χ0) is 11.0. The number of H-pyrrole nitrogens is 1. The lowest BCUT2D eigenvalue weighted by atomic mass is 10.2. The number of aromatic nitrogens is 2. The van der Waals surface area contributed by atoms with Crippen LogP contribution in [0.1, 0.15) is 0 Å². The number of aromatic hydroxyl groups is 1. The fourth-order valence-corrected chi connectivity index (χ4v) is 1.75. The van der Waals surface area contributed by atoms with Gasteiger partial charge < -0.3 is 10.1 Å². The number of phenolic OH excluding ortho intramolecular Hbond substituents is 1. The van der Waals surface area contributed by atoms with Crippen LogP contribution < -0.4 is 0 Å². The van der Waals surface area contributed by atoms with Crippen LogP contribution in [-0.4, -0.2) is 15.1 Å². The van der Waals surface area contributed by atoms with Crippen LogP contribution in [0, 0.1) is 0 Å². The summed E-state index contributed by atoms with van der Waals surface area (Å²) in [6.45, 7) is 0. The largest absolute Gasteiger partial charge is 0.506 e. The van der Waals surface area contributed by atoms with Crippen molar-refractivity contribution in [1.29, 1.82) is 0 Å². The van der Waals surface area contributed by atoms with Gasteiger partial charge >= 0.3 is 0 Å². The molecule has 0 saturated heterocycles. The Kier molecular flexibility index (Phi) is 1.90. The lowest BCUT2D eigenvalue weighted by Crippen LogP contribution is -1.77. The molecule has 16 heavy (non-hydrogen) atoms. The van der Waals surface area contributed by atoms with Crippen LogP contribution in [0.4, 0.5) is 0 Å². The van der Waals surface area contributed by atoms with Crippen molar-refractivity contribution in [2.45, 2.75) is 0 Å². The third kappa shape index (κ3) is 1.34. The van der Waals surface area contributed by atoms with Gasteiger partial charge in [-0.25, -0.2) is 4.98 Å². The number of hydrogen-bond acceptors (Lipinski definition) is 2. The number of benzene rings is 2. The molecule has 3 aromatic rings. The summed E-state index contributed by atoms with van der Waals surface area (Å²) in [5.74, 6) is 0.980. The maximum Gasteiger partial charge on any atom is 0.143 e. The van der Waals surface area contributed by atoms with E-state index in [0.717, 1.165) is 16.9 Å². The van der Waals surface area contributed by atoms with Gasteiger partial charge in [-0.15, -0.1) is 0 Å². The van der Waals surface area contributed by atoms with E-state index in [1.807, 2.05) is 36.4 Å². The maximum atomic E-state index is 9.65. The molecule has 3 nitrogen and oxygen atoms in total. The fourth-order valence-electron chi connectivity index (χ4n) is 1.75. The predicted octanol–water partition coefficient (Wildman–Crippen LogP) is 2.94. The monoisotopic (exact) mass is 210 g/mol. The molecule has 3 rings (SSSR count). The second-order valence-electron chi connectivity index (χ2n) is 3.62. The van der Waals surface area contributed by atoms with Gasteiger partial charge in [0.15, 0.2) is 0 Å². The van der Waals surface area contributed by atoms with Crippen LogP contribution in [0.25, 0.3) is 22.4 Å². The van der Waals surface area contributed by atoms with Gasteiger partial charge in [0.2, 0.25) is 0 Å². The molecule has 0 saturated carbocycles. The summed E-state index contributed by atoms with van der Waals surface area (Å²) < 4.78 is 0. The summed E-state index contributed by atoms with van der Waals surface area (Å²) in [5.41, 5.74) is 2.47. The topological polar surface area (TPSA) is 48.9 Å². The highest BCUT2D eigenvalue weighted by Crippen LogP contribution is 2.25. The maximum absolute atomic E-state index is 9.65. The summed E-state index contributed by atoms with van der Waals surface area (Å²) in [6.07, 6.45) is 0. The number of imidazole rings is 1. The normalized spacial score (nSPS) is 10.8. The predicted molar refractivity (Wildman–Crippen MR) is 63.2 cm³/mol. The average molecular weight is 210 g/mol. The number of nitrogens with one attached hydrogen (secondary N) is 1. The molecule has 0 amide bonds. The molecule has 0 atom stereocenters. The minimum absolute atomic E-state index is 0.205. The van der Waals surface area contributed by atoms with Crippen molar-refractivity contribution in [3.8, 4) is 17.1 Å². The van der Waals surface area contributed by atoms with Crippen molar-refractivity contribution in [2.24, 2.45) is 0 Å². The van der Waals surface area contributed by atoms with E-state index in [1.165, 1.54) is 0 Å². The quantitative estimate of drug-likeness (QED) is 0.648. The molecule has 0 unspecified atom stereocenters. The number of rotatable bonds is 1. The summed E-state index contributed by atoms with van der Waals surface area (Å²) in [7, 11) is 0. The second-order valence-corrected chi connectivity index (χ2v) is 3.62. The van der Waals surface area contributed by atoms with Crippen molar-refractivity contribution in [3.63, 3.8) is 0 Å². The number of aromatic amines is 1. The third-order valence-corrected chi connectivity index (χ3v) is 2.54. The van der Waals surface area contributed by atoms with E-state index in [2.05, 4.69) is 9.97 Å². The lowest BCUT2D eigenvalue weighted by molar-refractivity contribution is 0.480. The van der Waals surface area contributed by atoms with E-state index in [9.17, 15) is 5.11 Å². The summed E-state index contributed by atoms with van der Waals surface area (Å²) in [4.78, 5) is 7.56. The SMILES string of the molecule is Oc1cccc2[nH]c(-c3ccccc3)nc12. The Labute approximate surface area is 92.4 Å². The summed E-state index contributed by atoms with van der Waals surface area (Å²) in [5, 5.41) is 9.65.